The van der Waals surface area contributed by atoms with Gasteiger partial charge in [-0.15, -0.1) is 0 Å². The van der Waals surface area contributed by atoms with Gasteiger partial charge in [0.2, 0.25) is 0 Å². The smallest absolute Gasteiger partial charge is 0.172 e. The van der Waals surface area contributed by atoms with E-state index in [-0.39, 0.29) is 0 Å². The number of rotatable bonds is 4. The molecule has 2 aromatic carbocycles. The van der Waals surface area contributed by atoms with E-state index in [4.69, 9.17) is 10.5 Å². The molecule has 0 saturated carbocycles. The van der Waals surface area contributed by atoms with Crippen LogP contribution in [-0.2, 0) is 7.05 Å². The Morgan fingerprint density at radius 3 is 1.70 bits per heavy atom. The molecule has 148 valence electrons. The van der Waals surface area contributed by atoms with E-state index in [2.05, 4.69) is 76.0 Å². The predicted molar refractivity (Wildman–Crippen MR) is 121 cm³/mol. The van der Waals surface area contributed by atoms with Crippen molar-refractivity contribution in [2.24, 2.45) is 7.05 Å². The van der Waals surface area contributed by atoms with Crippen molar-refractivity contribution >= 4 is 12.2 Å². The molecule has 0 amide bonds. The summed E-state index contributed by atoms with van der Waals surface area (Å²) in [6.45, 7) is 8.68. The number of aromatic nitrogens is 1. The number of nitrogens with zero attached hydrogens (tertiary/aromatic N) is 3. The largest absolute Gasteiger partial charge is 0.207 e. The van der Waals surface area contributed by atoms with Crippen molar-refractivity contribution in [1.82, 2.24) is 0 Å². The number of benzene rings is 2. The van der Waals surface area contributed by atoms with Crippen molar-refractivity contribution in [3.8, 4) is 23.3 Å². The summed E-state index contributed by atoms with van der Waals surface area (Å²) in [6.07, 6.45) is 8.50. The van der Waals surface area contributed by atoms with E-state index in [0.717, 1.165) is 16.7 Å². The van der Waals surface area contributed by atoms with Gasteiger partial charge >= 0.3 is 0 Å². The van der Waals surface area contributed by atoms with Gasteiger partial charge in [0.1, 0.15) is 7.05 Å². The summed E-state index contributed by atoms with van der Waals surface area (Å²) in [5.74, 6) is -0.715. The highest BCUT2D eigenvalue weighted by molar-refractivity contribution is 5.79. The van der Waals surface area contributed by atoms with E-state index in [1.807, 2.05) is 36.4 Å². The molecule has 3 rings (SSSR count). The minimum Gasteiger partial charge on any atom is -0.207 e. The number of hydrogen-bond donors (Lipinski definition) is 0. The van der Waals surface area contributed by atoms with Gasteiger partial charge in [-0.1, -0.05) is 48.6 Å². The maximum atomic E-state index is 9.02. The standard InChI is InChI=1S/C27H26N3/c1-18-12-23(7-6-22-8-10-24(11-9-22)25(14-28)15-29)13-19(2)26(18)27-20(3)16-30(5)17-21(27)4/h6-13,16-17,25H,1-5H3/q+1/b7-6+. The van der Waals surface area contributed by atoms with Crippen LogP contribution >= 0.6 is 0 Å². The molecule has 3 aromatic rings. The highest BCUT2D eigenvalue weighted by Crippen LogP contribution is 2.33. The van der Waals surface area contributed by atoms with Crippen LogP contribution in [0.4, 0.5) is 0 Å². The first-order valence-corrected chi connectivity index (χ1v) is 9.99. The lowest BCUT2D eigenvalue weighted by Crippen LogP contribution is -2.28. The van der Waals surface area contributed by atoms with Crippen LogP contribution in [0.2, 0.25) is 0 Å². The van der Waals surface area contributed by atoms with E-state index in [0.29, 0.717) is 0 Å². The van der Waals surface area contributed by atoms with Crippen LogP contribution in [0.3, 0.4) is 0 Å². The Balaban J connectivity index is 1.91. The molecule has 0 saturated heterocycles. The Morgan fingerprint density at radius 2 is 1.20 bits per heavy atom. The maximum Gasteiger partial charge on any atom is 0.172 e. The van der Waals surface area contributed by atoms with E-state index in [1.54, 1.807) is 0 Å². The lowest BCUT2D eigenvalue weighted by molar-refractivity contribution is -0.672. The zero-order valence-corrected chi connectivity index (χ0v) is 18.2. The van der Waals surface area contributed by atoms with E-state index in [1.165, 1.54) is 33.4 Å². The van der Waals surface area contributed by atoms with Crippen molar-refractivity contribution in [2.75, 3.05) is 0 Å². The third-order valence-corrected chi connectivity index (χ3v) is 5.38. The van der Waals surface area contributed by atoms with Crippen LogP contribution in [0.5, 0.6) is 0 Å². The van der Waals surface area contributed by atoms with E-state index < -0.39 is 5.92 Å². The summed E-state index contributed by atoms with van der Waals surface area (Å²) in [4.78, 5) is 0. The Morgan fingerprint density at radius 1 is 0.733 bits per heavy atom. The van der Waals surface area contributed by atoms with Crippen LogP contribution in [0.15, 0.2) is 48.8 Å². The van der Waals surface area contributed by atoms with Crippen LogP contribution in [0.25, 0.3) is 23.3 Å². The van der Waals surface area contributed by atoms with Gasteiger partial charge in [0, 0.05) is 11.1 Å². The molecule has 0 aliphatic carbocycles. The first-order chi connectivity index (χ1) is 14.3. The molecule has 3 heteroatoms. The fourth-order valence-electron chi connectivity index (χ4n) is 4.14. The molecule has 3 nitrogen and oxygen atoms in total. The SMILES string of the molecule is Cc1cc(/C=C/c2ccc(C(C#N)C#N)cc2)cc(C)c1-c1c(C)c[n+](C)cc1C. The van der Waals surface area contributed by atoms with Crippen LogP contribution in [0.1, 0.15) is 44.9 Å². The van der Waals surface area contributed by atoms with Crippen molar-refractivity contribution in [1.29, 1.82) is 10.5 Å². The first-order valence-electron chi connectivity index (χ1n) is 9.99. The Hall–Kier alpha value is -3.69. The molecule has 0 spiro atoms. The second kappa shape index (κ2) is 8.76. The fourth-order valence-corrected chi connectivity index (χ4v) is 4.14. The molecule has 1 aromatic heterocycles. The maximum absolute atomic E-state index is 9.02. The summed E-state index contributed by atoms with van der Waals surface area (Å²) < 4.78 is 2.11. The van der Waals surface area contributed by atoms with Gasteiger partial charge in [0.25, 0.3) is 0 Å². The van der Waals surface area contributed by atoms with Gasteiger partial charge in [-0.3, -0.25) is 0 Å². The highest BCUT2D eigenvalue weighted by Gasteiger charge is 2.15. The molecule has 30 heavy (non-hydrogen) atoms. The second-order valence-electron chi connectivity index (χ2n) is 7.89. The minimum atomic E-state index is -0.715. The number of hydrogen-bond acceptors (Lipinski definition) is 2. The summed E-state index contributed by atoms with van der Waals surface area (Å²) in [5.41, 5.74) is 10.6. The molecule has 0 fully saturated rings. The van der Waals surface area contributed by atoms with Crippen molar-refractivity contribution in [3.05, 3.63) is 87.7 Å². The lowest BCUT2D eigenvalue weighted by atomic mass is 9.89. The number of aryl methyl sites for hydroxylation is 5. The highest BCUT2D eigenvalue weighted by atomic mass is 14.9. The molecule has 0 radical (unpaired) electrons. The van der Waals surface area contributed by atoms with Crippen molar-refractivity contribution in [2.45, 2.75) is 33.6 Å². The monoisotopic (exact) mass is 392 g/mol. The Labute approximate surface area is 179 Å². The quantitative estimate of drug-likeness (QED) is 0.422. The third kappa shape index (κ3) is 4.32. The molecular formula is C27H26N3+. The zero-order chi connectivity index (χ0) is 21.8. The van der Waals surface area contributed by atoms with Crippen LogP contribution in [0, 0.1) is 50.4 Å². The van der Waals surface area contributed by atoms with E-state index in [9.17, 15) is 0 Å². The second-order valence-corrected chi connectivity index (χ2v) is 7.89. The summed E-state index contributed by atoms with van der Waals surface area (Å²) in [5, 5.41) is 18.0. The van der Waals surface area contributed by atoms with Crippen molar-refractivity contribution in [3.63, 3.8) is 0 Å². The van der Waals surface area contributed by atoms with Gasteiger partial charge < -0.3 is 0 Å². The zero-order valence-electron chi connectivity index (χ0n) is 18.2. The predicted octanol–water partition coefficient (Wildman–Crippen LogP) is 5.71. The van der Waals surface area contributed by atoms with Crippen LogP contribution in [-0.4, -0.2) is 0 Å². The molecule has 0 aliphatic heterocycles. The molecule has 0 aliphatic rings. The molecule has 0 N–H and O–H groups in total. The van der Waals surface area contributed by atoms with E-state index >= 15 is 0 Å². The number of pyridine rings is 1. The average molecular weight is 393 g/mol. The normalized spacial score (nSPS) is 10.9. The van der Waals surface area contributed by atoms with Gasteiger partial charge in [-0.2, -0.15) is 10.5 Å². The molecular weight excluding hydrogens is 366 g/mol. The molecule has 0 unspecified atom stereocenters. The third-order valence-electron chi connectivity index (χ3n) is 5.38. The summed E-state index contributed by atoms with van der Waals surface area (Å²) in [7, 11) is 2.06. The topological polar surface area (TPSA) is 51.5 Å². The molecule has 0 bridgehead atoms. The first kappa shape index (κ1) is 21.0. The van der Waals surface area contributed by atoms with Gasteiger partial charge in [-0.05, 0) is 66.6 Å². The Kier molecular flexibility index (Phi) is 6.14. The molecule has 1 heterocycles. The lowest BCUT2D eigenvalue weighted by Gasteiger charge is -2.15. The van der Waals surface area contributed by atoms with Gasteiger partial charge in [0.05, 0.1) is 12.1 Å². The van der Waals surface area contributed by atoms with Crippen molar-refractivity contribution < 1.29 is 4.57 Å². The van der Waals surface area contributed by atoms with Gasteiger partial charge in [0.15, 0.2) is 18.3 Å². The number of nitriles is 2. The van der Waals surface area contributed by atoms with Gasteiger partial charge in [-0.25, -0.2) is 4.57 Å². The summed E-state index contributed by atoms with van der Waals surface area (Å²) >= 11 is 0. The minimum absolute atomic E-state index is 0.715. The average Bonchev–Trinajstić information content (AvgIpc) is 2.69. The van der Waals surface area contributed by atoms with Crippen LogP contribution < -0.4 is 4.57 Å². The Bertz CT molecular complexity index is 1140. The summed E-state index contributed by atoms with van der Waals surface area (Å²) in [6, 6.07) is 16.0. The fraction of sp³-hybridized carbons (Fsp3) is 0.222. The molecule has 0 atom stereocenters.